The molecule has 1 aromatic heterocycles. The van der Waals surface area contributed by atoms with Crippen LogP contribution in [0.15, 0.2) is 23.1 Å². The van der Waals surface area contributed by atoms with E-state index in [4.69, 9.17) is 4.74 Å². The van der Waals surface area contributed by atoms with Gasteiger partial charge in [0, 0.05) is 17.7 Å². The normalized spacial score (nSPS) is 32.4. The number of carbonyl (C=O) groups is 2. The maximum Gasteiger partial charge on any atom is 0.311 e. The summed E-state index contributed by atoms with van der Waals surface area (Å²) in [5.74, 6) is -2.41. The number of aliphatic hydroxyl groups excluding tert-OH is 2. The van der Waals surface area contributed by atoms with Gasteiger partial charge in [0.05, 0.1) is 34.2 Å². The van der Waals surface area contributed by atoms with Crippen molar-refractivity contribution in [3.05, 3.63) is 33.8 Å². The summed E-state index contributed by atoms with van der Waals surface area (Å²) >= 11 is 1.56. The van der Waals surface area contributed by atoms with Gasteiger partial charge in [-0.05, 0) is 57.6 Å². The summed E-state index contributed by atoms with van der Waals surface area (Å²) in [6.07, 6.45) is 6.51. The maximum atomic E-state index is 13.3. The Morgan fingerprint density at radius 1 is 1.18 bits per heavy atom. The highest BCUT2D eigenvalue weighted by Gasteiger charge is 2.45. The minimum Gasteiger partial charge on any atom is -0.457 e. The number of Topliss-reactive ketones (excluding diaryl/α,β-unsaturated/α-hetero) is 1. The molecule has 2 heterocycles. The first-order valence-corrected chi connectivity index (χ1v) is 13.1. The molecule has 0 saturated heterocycles. The Kier molecular flexibility index (Phi) is 10.2. The molecular formula is C27H41NO5S. The average molecular weight is 492 g/mol. The number of aryl methyl sites for hydroxylation is 1. The summed E-state index contributed by atoms with van der Waals surface area (Å²) in [4.78, 5) is 30.8. The van der Waals surface area contributed by atoms with E-state index in [9.17, 15) is 19.8 Å². The Balaban J connectivity index is 2.34. The smallest absolute Gasteiger partial charge is 0.311 e. The van der Waals surface area contributed by atoms with Gasteiger partial charge >= 0.3 is 5.97 Å². The molecular weight excluding hydrogens is 450 g/mol. The lowest BCUT2D eigenvalue weighted by atomic mass is 9.71. The van der Waals surface area contributed by atoms with Gasteiger partial charge in [0.15, 0.2) is 0 Å². The van der Waals surface area contributed by atoms with Crippen molar-refractivity contribution in [1.82, 2.24) is 4.98 Å². The number of aliphatic hydroxyl groups is 2. The fraction of sp³-hybridized carbons (Fsp3) is 0.667. The van der Waals surface area contributed by atoms with Gasteiger partial charge in [0.1, 0.15) is 11.9 Å². The van der Waals surface area contributed by atoms with Gasteiger partial charge in [-0.2, -0.15) is 0 Å². The average Bonchev–Trinajstić information content (AvgIpc) is 3.20. The Hall–Kier alpha value is -1.83. The van der Waals surface area contributed by atoms with E-state index in [1.807, 2.05) is 38.3 Å². The first-order valence-electron chi connectivity index (χ1n) is 12.2. The Morgan fingerprint density at radius 2 is 1.85 bits per heavy atom. The lowest BCUT2D eigenvalue weighted by molar-refractivity contribution is -0.161. The molecule has 1 aromatic rings. The third-order valence-corrected chi connectivity index (χ3v) is 7.85. The highest BCUT2D eigenvalue weighted by Crippen LogP contribution is 2.34. The topological polar surface area (TPSA) is 96.7 Å². The van der Waals surface area contributed by atoms with Crippen molar-refractivity contribution < 1.29 is 24.5 Å². The number of rotatable bonds is 2. The van der Waals surface area contributed by atoms with E-state index in [-0.39, 0.29) is 11.7 Å². The monoisotopic (exact) mass is 491 g/mol. The molecule has 0 spiro atoms. The molecule has 0 amide bonds. The zero-order chi connectivity index (χ0) is 25.6. The number of nitrogens with zero attached hydrogens (tertiary/aromatic N) is 1. The van der Waals surface area contributed by atoms with Crippen LogP contribution in [0.1, 0.15) is 77.9 Å². The number of allylic oxidation sites excluding steroid dienone is 1. The minimum absolute atomic E-state index is 0.0462. The lowest BCUT2D eigenvalue weighted by Crippen LogP contribution is -2.49. The summed E-state index contributed by atoms with van der Waals surface area (Å²) < 4.78 is 5.86. The molecule has 6 atom stereocenters. The van der Waals surface area contributed by atoms with Crippen LogP contribution in [0, 0.1) is 30.1 Å². The second kappa shape index (κ2) is 12.2. The predicted molar refractivity (Wildman–Crippen MR) is 136 cm³/mol. The molecule has 0 bridgehead atoms. The molecule has 2 N–H and O–H groups in total. The van der Waals surface area contributed by atoms with E-state index >= 15 is 0 Å². The zero-order valence-electron chi connectivity index (χ0n) is 21.6. The van der Waals surface area contributed by atoms with Gasteiger partial charge in [-0.25, -0.2) is 4.98 Å². The summed E-state index contributed by atoms with van der Waals surface area (Å²) in [6.45, 7) is 12.4. The van der Waals surface area contributed by atoms with Gasteiger partial charge in [-0.1, -0.05) is 39.8 Å². The number of hydrogen-bond acceptors (Lipinski definition) is 7. The molecule has 0 aromatic carbocycles. The predicted octanol–water partition coefficient (Wildman–Crippen LogP) is 5.12. The molecule has 1 aliphatic rings. The van der Waals surface area contributed by atoms with Crippen molar-refractivity contribution >= 4 is 29.2 Å². The Bertz CT molecular complexity index is 903. The first kappa shape index (κ1) is 28.4. The molecule has 0 fully saturated rings. The molecule has 7 heteroatoms. The van der Waals surface area contributed by atoms with Crippen LogP contribution in [0.5, 0.6) is 0 Å². The van der Waals surface area contributed by atoms with Crippen molar-refractivity contribution in [2.45, 2.75) is 92.5 Å². The van der Waals surface area contributed by atoms with Crippen LogP contribution >= 0.6 is 11.3 Å². The summed E-state index contributed by atoms with van der Waals surface area (Å²) in [6, 6.07) is 0. The molecule has 190 valence electrons. The van der Waals surface area contributed by atoms with E-state index in [0.717, 1.165) is 35.5 Å². The number of thiazole rings is 1. The molecule has 1 aliphatic heterocycles. The number of esters is 1. The number of hydrogen-bond donors (Lipinski definition) is 2. The number of ether oxygens (including phenoxy) is 1. The van der Waals surface area contributed by atoms with Crippen molar-refractivity contribution in [1.29, 1.82) is 0 Å². The van der Waals surface area contributed by atoms with Gasteiger partial charge in [-0.15, -0.1) is 11.3 Å². The number of cyclic esters (lactones) is 1. The Labute approximate surface area is 208 Å². The maximum absolute atomic E-state index is 13.3. The van der Waals surface area contributed by atoms with Crippen LogP contribution in [0.2, 0.25) is 0 Å². The molecule has 34 heavy (non-hydrogen) atoms. The van der Waals surface area contributed by atoms with Gasteiger partial charge in [0.2, 0.25) is 0 Å². The van der Waals surface area contributed by atoms with Crippen LogP contribution < -0.4 is 0 Å². The minimum atomic E-state index is -1.24. The quantitative estimate of drug-likeness (QED) is 0.440. The fourth-order valence-electron chi connectivity index (χ4n) is 4.55. The van der Waals surface area contributed by atoms with Crippen molar-refractivity contribution in [2.24, 2.45) is 23.2 Å². The van der Waals surface area contributed by atoms with Gasteiger partial charge in [-0.3, -0.25) is 9.59 Å². The first-order chi connectivity index (χ1) is 15.9. The molecule has 2 rings (SSSR count). The highest BCUT2D eigenvalue weighted by atomic mass is 32.1. The van der Waals surface area contributed by atoms with E-state index < -0.39 is 41.5 Å². The fourth-order valence-corrected chi connectivity index (χ4v) is 5.12. The van der Waals surface area contributed by atoms with Crippen molar-refractivity contribution in [2.75, 3.05) is 0 Å². The summed E-state index contributed by atoms with van der Waals surface area (Å²) in [7, 11) is 0. The molecule has 0 radical (unpaired) electrons. The van der Waals surface area contributed by atoms with Gasteiger partial charge in [0.25, 0.3) is 0 Å². The second-order valence-electron chi connectivity index (χ2n) is 10.3. The van der Waals surface area contributed by atoms with E-state index in [1.165, 1.54) is 0 Å². The zero-order valence-corrected chi connectivity index (χ0v) is 22.4. The van der Waals surface area contributed by atoms with Crippen LogP contribution in [-0.2, 0) is 14.3 Å². The molecule has 0 saturated carbocycles. The van der Waals surface area contributed by atoms with Crippen LogP contribution in [0.3, 0.4) is 0 Å². The lowest BCUT2D eigenvalue weighted by Gasteiger charge is -2.36. The van der Waals surface area contributed by atoms with Crippen molar-refractivity contribution in [3.8, 4) is 0 Å². The largest absolute Gasteiger partial charge is 0.457 e. The van der Waals surface area contributed by atoms with E-state index in [1.54, 1.807) is 39.0 Å². The summed E-state index contributed by atoms with van der Waals surface area (Å²) in [5, 5.41) is 24.7. The molecule has 0 aliphatic carbocycles. The molecule has 1 unspecified atom stereocenters. The SMILES string of the molecule is CC(=Cc1csc(C)n1)[C@@H]1CC=CCCC[C@H](C)[C@H](O)[C@@H](C)C(=O)C(C)(C)[C@@H](O)C(C)C(=O)O1. The number of carbonyl (C=O) groups excluding carboxylic acids is 2. The van der Waals surface area contributed by atoms with Crippen LogP contribution in [0.4, 0.5) is 0 Å². The third-order valence-electron chi connectivity index (χ3n) is 7.05. The third kappa shape index (κ3) is 7.09. The van der Waals surface area contributed by atoms with Crippen molar-refractivity contribution in [3.63, 3.8) is 0 Å². The highest BCUT2D eigenvalue weighted by molar-refractivity contribution is 7.09. The second-order valence-corrected chi connectivity index (χ2v) is 11.4. The van der Waals surface area contributed by atoms with Crippen LogP contribution in [-0.4, -0.2) is 45.3 Å². The van der Waals surface area contributed by atoms with Gasteiger partial charge < -0.3 is 14.9 Å². The summed E-state index contributed by atoms with van der Waals surface area (Å²) in [5.41, 5.74) is 0.480. The Morgan fingerprint density at radius 3 is 2.47 bits per heavy atom. The number of ketones is 1. The number of aromatic nitrogens is 1. The van der Waals surface area contributed by atoms with Crippen LogP contribution in [0.25, 0.3) is 6.08 Å². The van der Waals surface area contributed by atoms with E-state index in [0.29, 0.717) is 6.42 Å². The standard InChI is InChI=1S/C27H41NO5S/c1-16-12-10-8-9-11-13-22(17(2)14-21-15-34-20(5)28-21)33-26(32)19(4)25(31)27(6,7)24(30)18(3)23(16)29/h9,11,14-16,18-19,22-23,25,29,31H,8,10,12-13H2,1-7H3/t16-,18+,19?,22-,23-,25-/m0/s1. The molecule has 6 nitrogen and oxygen atoms in total. The van der Waals surface area contributed by atoms with E-state index in [2.05, 4.69) is 11.1 Å².